The first-order valence-electron chi connectivity index (χ1n) is 7.07. The van der Waals surface area contributed by atoms with Crippen molar-refractivity contribution in [1.29, 1.82) is 0 Å². The molecule has 1 heterocycles. The zero-order valence-corrected chi connectivity index (χ0v) is 11.6. The number of hydrogen-bond donors (Lipinski definition) is 2. The van der Waals surface area contributed by atoms with Crippen LogP contribution in [0.5, 0.6) is 0 Å². The third kappa shape index (κ3) is 3.57. The minimum absolute atomic E-state index is 0.0983. The quantitative estimate of drug-likeness (QED) is 0.617. The molecule has 0 aromatic heterocycles. The maximum atomic E-state index is 12.2. The third-order valence-electron chi connectivity index (χ3n) is 3.43. The van der Waals surface area contributed by atoms with Gasteiger partial charge in [-0.05, 0) is 37.4 Å². The summed E-state index contributed by atoms with van der Waals surface area (Å²) in [4.78, 5) is 25.7. The molecule has 1 aromatic carbocycles. The maximum Gasteiger partial charge on any atom is 0.236 e. The highest BCUT2D eigenvalue weighted by Gasteiger charge is 2.23. The van der Waals surface area contributed by atoms with Gasteiger partial charge in [0, 0.05) is 18.8 Å². The second kappa shape index (κ2) is 7.05. The lowest BCUT2D eigenvalue weighted by molar-refractivity contribution is -0.128. The number of anilines is 1. The Kier molecular flexibility index (Phi) is 5.12. The largest absolute Gasteiger partial charge is 0.356 e. The number of para-hydroxylation sites is 1. The molecule has 1 aromatic rings. The van der Waals surface area contributed by atoms with Crippen molar-refractivity contribution in [3.05, 3.63) is 29.8 Å². The molecule has 0 aliphatic carbocycles. The summed E-state index contributed by atoms with van der Waals surface area (Å²) in [5.74, 6) is -0.367. The van der Waals surface area contributed by atoms with Crippen molar-refractivity contribution in [3.63, 3.8) is 0 Å². The van der Waals surface area contributed by atoms with Gasteiger partial charge < -0.3 is 16.0 Å². The summed E-state index contributed by atoms with van der Waals surface area (Å²) < 4.78 is 0. The molecule has 1 aliphatic rings. The van der Waals surface area contributed by atoms with E-state index in [1.165, 1.54) is 5.56 Å². The van der Waals surface area contributed by atoms with E-state index in [0.717, 1.165) is 24.9 Å². The number of carbonyl (C=O) groups is 2. The van der Waals surface area contributed by atoms with E-state index in [2.05, 4.69) is 5.32 Å². The summed E-state index contributed by atoms with van der Waals surface area (Å²) in [5.41, 5.74) is 7.48. The molecule has 1 aliphatic heterocycles. The molecule has 0 fully saturated rings. The number of rotatable bonds is 5. The van der Waals surface area contributed by atoms with Gasteiger partial charge in [-0.1, -0.05) is 18.2 Å². The zero-order valence-electron chi connectivity index (χ0n) is 11.6. The molecular formula is C15H21N3O2. The van der Waals surface area contributed by atoms with Gasteiger partial charge >= 0.3 is 0 Å². The van der Waals surface area contributed by atoms with Crippen LogP contribution in [0, 0.1) is 0 Å². The Balaban J connectivity index is 1.95. The number of nitrogens with one attached hydrogen (secondary N) is 1. The van der Waals surface area contributed by atoms with Gasteiger partial charge in [0.25, 0.3) is 0 Å². The normalized spacial score (nSPS) is 13.8. The summed E-state index contributed by atoms with van der Waals surface area (Å²) in [6, 6.07) is 7.88. The summed E-state index contributed by atoms with van der Waals surface area (Å²) in [6.07, 6.45) is 2.56. The van der Waals surface area contributed by atoms with Crippen molar-refractivity contribution >= 4 is 17.5 Å². The van der Waals surface area contributed by atoms with Crippen LogP contribution in [0.1, 0.15) is 24.8 Å². The minimum atomic E-state index is -0.230. The summed E-state index contributed by atoms with van der Waals surface area (Å²) >= 11 is 0. The summed E-state index contributed by atoms with van der Waals surface area (Å²) in [7, 11) is 0. The van der Waals surface area contributed by atoms with E-state index < -0.39 is 0 Å². The Morgan fingerprint density at radius 2 is 2.10 bits per heavy atom. The maximum absolute atomic E-state index is 12.2. The number of benzene rings is 1. The highest BCUT2D eigenvalue weighted by Crippen LogP contribution is 2.27. The molecule has 5 heteroatoms. The molecule has 5 nitrogen and oxygen atoms in total. The van der Waals surface area contributed by atoms with E-state index in [4.69, 9.17) is 5.73 Å². The highest BCUT2D eigenvalue weighted by atomic mass is 16.2. The Labute approximate surface area is 119 Å². The van der Waals surface area contributed by atoms with Gasteiger partial charge in [0.05, 0.1) is 0 Å². The van der Waals surface area contributed by atoms with E-state index in [1.807, 2.05) is 24.3 Å². The average molecular weight is 275 g/mol. The van der Waals surface area contributed by atoms with Crippen LogP contribution >= 0.6 is 0 Å². The topological polar surface area (TPSA) is 75.4 Å². The molecule has 20 heavy (non-hydrogen) atoms. The van der Waals surface area contributed by atoms with E-state index in [-0.39, 0.29) is 18.2 Å². The number of nitrogens with two attached hydrogens (primary N) is 1. The van der Waals surface area contributed by atoms with E-state index >= 15 is 0 Å². The molecule has 0 bridgehead atoms. The highest BCUT2D eigenvalue weighted by molar-refractivity contribution is 6.05. The van der Waals surface area contributed by atoms with Gasteiger partial charge in [-0.3, -0.25) is 9.59 Å². The van der Waals surface area contributed by atoms with Crippen LogP contribution < -0.4 is 16.0 Å². The third-order valence-corrected chi connectivity index (χ3v) is 3.43. The average Bonchev–Trinajstić information content (AvgIpc) is 2.47. The van der Waals surface area contributed by atoms with Gasteiger partial charge in [0.2, 0.25) is 11.8 Å². The van der Waals surface area contributed by atoms with Crippen molar-refractivity contribution in [2.24, 2.45) is 5.73 Å². The Hall–Kier alpha value is -1.88. The van der Waals surface area contributed by atoms with Crippen molar-refractivity contribution in [3.8, 4) is 0 Å². The van der Waals surface area contributed by atoms with Crippen LogP contribution in [0.4, 0.5) is 5.69 Å². The zero-order chi connectivity index (χ0) is 14.4. The van der Waals surface area contributed by atoms with E-state index in [0.29, 0.717) is 19.6 Å². The SMILES string of the molecule is NCCCNC(=O)CC(=O)N1CCCc2ccccc21. The number of hydrogen-bond acceptors (Lipinski definition) is 3. The van der Waals surface area contributed by atoms with Crippen LogP contribution in [0.3, 0.4) is 0 Å². The molecular weight excluding hydrogens is 254 g/mol. The molecule has 0 spiro atoms. The number of amides is 2. The summed E-state index contributed by atoms with van der Waals surface area (Å²) in [5, 5.41) is 2.71. The molecule has 0 saturated carbocycles. The number of nitrogens with zero attached hydrogens (tertiary/aromatic N) is 1. The predicted octanol–water partition coefficient (Wildman–Crippen LogP) is 0.821. The van der Waals surface area contributed by atoms with Crippen LogP contribution in [-0.4, -0.2) is 31.4 Å². The van der Waals surface area contributed by atoms with Crippen molar-refractivity contribution in [2.45, 2.75) is 25.7 Å². The van der Waals surface area contributed by atoms with Gasteiger partial charge in [0.1, 0.15) is 6.42 Å². The van der Waals surface area contributed by atoms with Crippen molar-refractivity contribution < 1.29 is 9.59 Å². The smallest absolute Gasteiger partial charge is 0.236 e. The molecule has 3 N–H and O–H groups in total. The first kappa shape index (κ1) is 14.5. The van der Waals surface area contributed by atoms with Gasteiger partial charge in [-0.2, -0.15) is 0 Å². The Morgan fingerprint density at radius 1 is 1.30 bits per heavy atom. The Morgan fingerprint density at radius 3 is 2.90 bits per heavy atom. The number of carbonyl (C=O) groups excluding carboxylic acids is 2. The van der Waals surface area contributed by atoms with Crippen molar-refractivity contribution in [2.75, 3.05) is 24.5 Å². The van der Waals surface area contributed by atoms with E-state index in [9.17, 15) is 9.59 Å². The second-order valence-electron chi connectivity index (χ2n) is 4.95. The number of aryl methyl sites for hydroxylation is 1. The van der Waals surface area contributed by atoms with Crippen molar-refractivity contribution in [1.82, 2.24) is 5.32 Å². The van der Waals surface area contributed by atoms with Crippen LogP contribution in [0.2, 0.25) is 0 Å². The predicted molar refractivity (Wildman–Crippen MR) is 78.4 cm³/mol. The second-order valence-corrected chi connectivity index (χ2v) is 4.95. The molecule has 0 radical (unpaired) electrons. The minimum Gasteiger partial charge on any atom is -0.356 e. The monoisotopic (exact) mass is 275 g/mol. The fourth-order valence-corrected chi connectivity index (χ4v) is 2.42. The number of fused-ring (bicyclic) bond motifs is 1. The molecule has 108 valence electrons. The standard InChI is InChI=1S/C15H21N3O2/c16-8-4-9-17-14(19)11-15(20)18-10-3-6-12-5-1-2-7-13(12)18/h1-2,5,7H,3-4,6,8-11,16H2,(H,17,19). The molecule has 0 atom stereocenters. The summed E-state index contributed by atoms with van der Waals surface area (Å²) in [6.45, 7) is 1.75. The first-order valence-corrected chi connectivity index (χ1v) is 7.07. The Bertz CT molecular complexity index is 488. The lowest BCUT2D eigenvalue weighted by atomic mass is 10.0. The lowest BCUT2D eigenvalue weighted by Gasteiger charge is -2.29. The first-order chi connectivity index (χ1) is 9.72. The lowest BCUT2D eigenvalue weighted by Crippen LogP contribution is -2.39. The molecule has 0 unspecified atom stereocenters. The molecule has 2 rings (SSSR count). The van der Waals surface area contributed by atoms with Gasteiger partial charge in [-0.15, -0.1) is 0 Å². The van der Waals surface area contributed by atoms with Gasteiger partial charge in [0.15, 0.2) is 0 Å². The van der Waals surface area contributed by atoms with Crippen LogP contribution in [-0.2, 0) is 16.0 Å². The fraction of sp³-hybridized carbons (Fsp3) is 0.467. The van der Waals surface area contributed by atoms with Crippen LogP contribution in [0.25, 0.3) is 0 Å². The van der Waals surface area contributed by atoms with Crippen LogP contribution in [0.15, 0.2) is 24.3 Å². The molecule has 0 saturated heterocycles. The molecule has 2 amide bonds. The van der Waals surface area contributed by atoms with Gasteiger partial charge in [-0.25, -0.2) is 0 Å². The fourth-order valence-electron chi connectivity index (χ4n) is 2.42. The van der Waals surface area contributed by atoms with E-state index in [1.54, 1.807) is 4.90 Å².